The third-order valence-electron chi connectivity index (χ3n) is 0.974. The molecule has 0 saturated heterocycles. The maximum atomic E-state index is 10.2. The molecule has 1 aromatic rings. The van der Waals surface area contributed by atoms with E-state index in [-0.39, 0.29) is 44.2 Å². The normalized spacial score (nSPS) is 10.6. The third kappa shape index (κ3) is 2.69. The van der Waals surface area contributed by atoms with E-state index >= 15 is 0 Å². The van der Waals surface area contributed by atoms with Gasteiger partial charge in [-0.1, -0.05) is 0 Å². The van der Waals surface area contributed by atoms with Gasteiger partial charge in [-0.25, -0.2) is 0 Å². The van der Waals surface area contributed by atoms with Crippen LogP contribution in [0.25, 0.3) is 0 Å². The van der Waals surface area contributed by atoms with Gasteiger partial charge in [0, 0.05) is 51.9 Å². The topological polar surface area (TPSA) is 81.2 Å². The Balaban J connectivity index is 0.00000121. The number of nitrogens with two attached hydrogens (primary N) is 1. The summed E-state index contributed by atoms with van der Waals surface area (Å²) in [5.41, 5.74) is 5.38. The molecule has 0 saturated carbocycles. The van der Waals surface area contributed by atoms with E-state index in [1.54, 1.807) is 6.29 Å². The summed E-state index contributed by atoms with van der Waals surface area (Å²) in [6, 6.07) is 0. The average Bonchev–Trinajstić information content (AvgIpc) is 2.39. The van der Waals surface area contributed by atoms with Crippen LogP contribution in [-0.2, 0) is 37.5 Å². The molecule has 61 valence electrons. The fourth-order valence-electron chi connectivity index (χ4n) is 0.523. The van der Waals surface area contributed by atoms with Crippen molar-refractivity contribution in [1.82, 2.24) is 9.36 Å². The van der Waals surface area contributed by atoms with Crippen molar-refractivity contribution in [3.63, 3.8) is 0 Å². The minimum Gasteiger partial charge on any atom is -0.417 e. The fraction of sp³-hybridized carbons (Fsp3) is 0.200. The molecule has 0 spiro atoms. The van der Waals surface area contributed by atoms with Crippen LogP contribution in [0, 0.1) is 0 Å². The molecule has 0 atom stereocenters. The van der Waals surface area contributed by atoms with Gasteiger partial charge < -0.3 is 15.5 Å². The Bertz CT molecular complexity index is 297. The molecule has 7 heteroatoms. The minimum absolute atomic E-state index is 0. The molecule has 0 unspecified atom stereocenters. The average molecular weight is 258 g/mol. The Labute approximate surface area is 98.5 Å². The molecular formula is C5H5N4OSY-. The van der Waals surface area contributed by atoms with Crippen LogP contribution in [0.2, 0.25) is 0 Å². The Hall–Kier alpha value is -0.196. The van der Waals surface area contributed by atoms with Gasteiger partial charge in [-0.05, 0) is 17.2 Å². The number of rotatable bonds is 2. The first-order valence-corrected chi connectivity index (χ1v) is 3.49. The molecule has 1 heterocycles. The summed E-state index contributed by atoms with van der Waals surface area (Å²) in [7, 11) is 1.47. The van der Waals surface area contributed by atoms with Crippen molar-refractivity contribution in [3.05, 3.63) is 5.82 Å². The number of nitrogen functional groups attached to an aromatic ring is 1. The summed E-state index contributed by atoms with van der Waals surface area (Å²) in [6.45, 7) is 0. The predicted molar refractivity (Wildman–Crippen MR) is 42.5 cm³/mol. The first kappa shape index (κ1) is 11.8. The van der Waals surface area contributed by atoms with E-state index in [2.05, 4.69) is 14.3 Å². The molecule has 1 aromatic heterocycles. The van der Waals surface area contributed by atoms with E-state index in [0.29, 0.717) is 5.13 Å². The molecule has 12 heavy (non-hydrogen) atoms. The molecule has 0 aliphatic carbocycles. The van der Waals surface area contributed by atoms with Crippen LogP contribution in [0.5, 0.6) is 0 Å². The van der Waals surface area contributed by atoms with E-state index in [4.69, 9.17) is 5.73 Å². The standard InChI is InChI=1S/C5H5N4OS.Y/c1-7-3(2-10)4-8-5(6)11-9-4;/h1H3,(H2,6,8,9);/q-1;. The largest absolute Gasteiger partial charge is 0.417 e. The van der Waals surface area contributed by atoms with Gasteiger partial charge in [0.25, 0.3) is 0 Å². The number of hydrogen-bond acceptors (Lipinski definition) is 6. The zero-order valence-electron chi connectivity index (χ0n) is 6.31. The van der Waals surface area contributed by atoms with E-state index in [1.807, 2.05) is 0 Å². The predicted octanol–water partition coefficient (Wildman–Crippen LogP) is -0.354. The number of nitrogens with zero attached hydrogens (tertiary/aromatic N) is 3. The summed E-state index contributed by atoms with van der Waals surface area (Å²) in [5, 5.41) is 0.316. The molecule has 0 aliphatic heterocycles. The van der Waals surface area contributed by atoms with Crippen LogP contribution in [0.3, 0.4) is 0 Å². The summed E-state index contributed by atoms with van der Waals surface area (Å²) in [4.78, 5) is 17.5. The molecule has 0 aliphatic rings. The number of carbonyl (C=O) groups excluding carboxylic acids is 1. The number of aliphatic imine (C=N–C) groups is 1. The molecule has 1 radical (unpaired) electrons. The van der Waals surface area contributed by atoms with Crippen molar-refractivity contribution in [2.45, 2.75) is 0 Å². The quantitative estimate of drug-likeness (QED) is 0.580. The molecule has 0 bridgehead atoms. The van der Waals surface area contributed by atoms with Crippen molar-refractivity contribution in [2.24, 2.45) is 4.99 Å². The zero-order chi connectivity index (χ0) is 8.27. The molecule has 0 amide bonds. The van der Waals surface area contributed by atoms with Crippen LogP contribution in [0.15, 0.2) is 4.99 Å². The number of anilines is 1. The summed E-state index contributed by atoms with van der Waals surface area (Å²) >= 11 is 1.02. The van der Waals surface area contributed by atoms with Crippen LogP contribution in [0.1, 0.15) is 5.82 Å². The number of aromatic nitrogens is 2. The third-order valence-corrected chi connectivity index (χ3v) is 1.52. The summed E-state index contributed by atoms with van der Waals surface area (Å²) in [6.07, 6.45) is 1.61. The smallest absolute Gasteiger partial charge is 0.180 e. The van der Waals surface area contributed by atoms with Gasteiger partial charge in [-0.3, -0.25) is 9.36 Å². The van der Waals surface area contributed by atoms with Gasteiger partial charge in [0.2, 0.25) is 0 Å². The Morgan fingerprint density at radius 3 is 2.75 bits per heavy atom. The van der Waals surface area contributed by atoms with Crippen molar-refractivity contribution < 1.29 is 37.5 Å². The summed E-state index contributed by atoms with van der Waals surface area (Å²) in [5.74, 6) is 0.241. The first-order chi connectivity index (χ1) is 5.27. The SMILES string of the molecule is CN=C([C-]=O)c1nsc(N)n1.[Y]. The molecule has 0 fully saturated rings. The first-order valence-electron chi connectivity index (χ1n) is 2.72. The van der Waals surface area contributed by atoms with Gasteiger partial charge in [0.15, 0.2) is 5.13 Å². The molecule has 0 aromatic carbocycles. The van der Waals surface area contributed by atoms with E-state index in [0.717, 1.165) is 11.5 Å². The van der Waals surface area contributed by atoms with Gasteiger partial charge in [-0.15, -0.1) is 0 Å². The molecular weight excluding hydrogens is 253 g/mol. The van der Waals surface area contributed by atoms with Crippen LogP contribution in [0.4, 0.5) is 5.13 Å². The van der Waals surface area contributed by atoms with Gasteiger partial charge in [0.05, 0.1) is 0 Å². The summed E-state index contributed by atoms with van der Waals surface area (Å²) < 4.78 is 3.77. The maximum Gasteiger partial charge on any atom is 0.180 e. The number of hydrogen-bond donors (Lipinski definition) is 1. The fourth-order valence-corrected chi connectivity index (χ4v) is 0.957. The Morgan fingerprint density at radius 1 is 1.75 bits per heavy atom. The van der Waals surface area contributed by atoms with Gasteiger partial charge in [0.1, 0.15) is 0 Å². The second kappa shape index (κ2) is 5.45. The van der Waals surface area contributed by atoms with Crippen LogP contribution < -0.4 is 5.73 Å². The minimum atomic E-state index is 0. The molecule has 5 nitrogen and oxygen atoms in total. The second-order valence-corrected chi connectivity index (χ2v) is 2.41. The van der Waals surface area contributed by atoms with Gasteiger partial charge in [-0.2, -0.15) is 0 Å². The van der Waals surface area contributed by atoms with Crippen molar-refractivity contribution >= 4 is 28.7 Å². The van der Waals surface area contributed by atoms with Crippen LogP contribution in [-0.4, -0.2) is 28.4 Å². The van der Waals surface area contributed by atoms with E-state index in [9.17, 15) is 4.79 Å². The van der Waals surface area contributed by atoms with Gasteiger partial charge >= 0.3 is 0 Å². The van der Waals surface area contributed by atoms with Crippen molar-refractivity contribution in [2.75, 3.05) is 12.8 Å². The Morgan fingerprint density at radius 2 is 2.42 bits per heavy atom. The van der Waals surface area contributed by atoms with Crippen molar-refractivity contribution in [3.8, 4) is 0 Å². The second-order valence-electron chi connectivity index (χ2n) is 1.63. The zero-order valence-corrected chi connectivity index (χ0v) is 9.97. The van der Waals surface area contributed by atoms with E-state index in [1.165, 1.54) is 7.05 Å². The monoisotopic (exact) mass is 258 g/mol. The van der Waals surface area contributed by atoms with E-state index < -0.39 is 0 Å². The Kier molecular flexibility index (Phi) is 5.36. The van der Waals surface area contributed by atoms with Crippen LogP contribution >= 0.6 is 11.5 Å². The maximum absolute atomic E-state index is 10.2. The molecule has 2 N–H and O–H groups in total. The van der Waals surface area contributed by atoms with Crippen molar-refractivity contribution in [1.29, 1.82) is 0 Å². The molecule has 1 rings (SSSR count).